The second-order valence-electron chi connectivity index (χ2n) is 5.85. The molecular weight excluding hydrogens is 324 g/mol. The number of nitrogens with zero attached hydrogens (tertiary/aromatic N) is 3. The summed E-state index contributed by atoms with van der Waals surface area (Å²) in [4.78, 5) is 11.1. The standard InChI is InChI=1S/C17H22N4O2S/c1-2-24(22,23)16-7-4-3-6-15(16)20-14-8-12-21(13-9-14)17-18-10-5-11-19-17/h3-7,10-11,14,20H,2,8-9,12-13H2,1H3. The number of aromatic nitrogens is 2. The molecule has 6 nitrogen and oxygen atoms in total. The van der Waals surface area contributed by atoms with E-state index in [0.717, 1.165) is 31.9 Å². The molecule has 1 aromatic heterocycles. The number of nitrogens with one attached hydrogen (secondary N) is 1. The van der Waals surface area contributed by atoms with Gasteiger partial charge in [-0.2, -0.15) is 0 Å². The van der Waals surface area contributed by atoms with Gasteiger partial charge in [0.05, 0.1) is 16.3 Å². The van der Waals surface area contributed by atoms with Crippen molar-refractivity contribution in [1.82, 2.24) is 9.97 Å². The fraction of sp³-hybridized carbons (Fsp3) is 0.412. The van der Waals surface area contributed by atoms with Gasteiger partial charge in [-0.25, -0.2) is 18.4 Å². The second-order valence-corrected chi connectivity index (χ2v) is 8.10. The lowest BCUT2D eigenvalue weighted by atomic mass is 10.0. The van der Waals surface area contributed by atoms with Crippen LogP contribution in [0.4, 0.5) is 11.6 Å². The Morgan fingerprint density at radius 3 is 2.46 bits per heavy atom. The van der Waals surface area contributed by atoms with Gasteiger partial charge in [0.15, 0.2) is 9.84 Å². The van der Waals surface area contributed by atoms with Crippen molar-refractivity contribution in [1.29, 1.82) is 0 Å². The van der Waals surface area contributed by atoms with Crippen molar-refractivity contribution in [3.63, 3.8) is 0 Å². The van der Waals surface area contributed by atoms with Gasteiger partial charge in [0.2, 0.25) is 5.95 Å². The zero-order valence-corrected chi connectivity index (χ0v) is 14.5. The number of anilines is 2. The van der Waals surface area contributed by atoms with Gasteiger partial charge in [-0.05, 0) is 31.0 Å². The maximum Gasteiger partial charge on any atom is 0.225 e. The van der Waals surface area contributed by atoms with E-state index in [9.17, 15) is 8.42 Å². The summed E-state index contributed by atoms with van der Waals surface area (Å²) in [6.07, 6.45) is 5.33. The van der Waals surface area contributed by atoms with Crippen LogP contribution in [-0.2, 0) is 9.84 Å². The molecule has 0 saturated carbocycles. The maximum atomic E-state index is 12.2. The lowest BCUT2D eigenvalue weighted by Gasteiger charge is -2.33. The first-order chi connectivity index (χ1) is 11.6. The average molecular weight is 346 g/mol. The van der Waals surface area contributed by atoms with Crippen LogP contribution in [0, 0.1) is 0 Å². The summed E-state index contributed by atoms with van der Waals surface area (Å²) in [6.45, 7) is 3.37. The van der Waals surface area contributed by atoms with E-state index in [2.05, 4.69) is 20.2 Å². The van der Waals surface area contributed by atoms with E-state index in [0.29, 0.717) is 10.6 Å². The highest BCUT2D eigenvalue weighted by Crippen LogP contribution is 2.25. The van der Waals surface area contributed by atoms with Gasteiger partial charge in [0.25, 0.3) is 0 Å². The molecule has 0 amide bonds. The number of para-hydroxylation sites is 1. The molecule has 0 radical (unpaired) electrons. The molecule has 2 aromatic rings. The van der Waals surface area contributed by atoms with Crippen LogP contribution in [0.25, 0.3) is 0 Å². The first-order valence-electron chi connectivity index (χ1n) is 8.20. The molecule has 1 N–H and O–H groups in total. The highest BCUT2D eigenvalue weighted by Gasteiger charge is 2.23. The molecule has 1 saturated heterocycles. The van der Waals surface area contributed by atoms with Crippen molar-refractivity contribution < 1.29 is 8.42 Å². The van der Waals surface area contributed by atoms with Gasteiger partial charge in [-0.1, -0.05) is 19.1 Å². The molecule has 7 heteroatoms. The molecule has 0 spiro atoms. The van der Waals surface area contributed by atoms with Gasteiger partial charge in [0.1, 0.15) is 0 Å². The second kappa shape index (κ2) is 7.17. The van der Waals surface area contributed by atoms with E-state index >= 15 is 0 Å². The van der Waals surface area contributed by atoms with Crippen LogP contribution in [0.3, 0.4) is 0 Å². The predicted octanol–water partition coefficient (Wildman–Crippen LogP) is 2.35. The summed E-state index contributed by atoms with van der Waals surface area (Å²) in [5, 5.41) is 3.42. The van der Waals surface area contributed by atoms with Crippen LogP contribution in [0.15, 0.2) is 47.6 Å². The Balaban J connectivity index is 1.67. The van der Waals surface area contributed by atoms with Crippen molar-refractivity contribution in [2.24, 2.45) is 0 Å². The summed E-state index contributed by atoms with van der Waals surface area (Å²) in [7, 11) is -3.23. The number of sulfone groups is 1. The first-order valence-corrected chi connectivity index (χ1v) is 9.85. The molecule has 24 heavy (non-hydrogen) atoms. The summed E-state index contributed by atoms with van der Waals surface area (Å²) in [5.41, 5.74) is 0.703. The minimum Gasteiger partial charge on any atom is -0.381 e. The summed E-state index contributed by atoms with van der Waals surface area (Å²) in [5.74, 6) is 0.861. The lowest BCUT2D eigenvalue weighted by molar-refractivity contribution is 0.519. The molecule has 0 atom stereocenters. The predicted molar refractivity (Wildman–Crippen MR) is 95.1 cm³/mol. The van der Waals surface area contributed by atoms with Crippen LogP contribution in [0.5, 0.6) is 0 Å². The molecule has 0 unspecified atom stereocenters. The fourth-order valence-electron chi connectivity index (χ4n) is 2.91. The molecule has 1 aromatic carbocycles. The quantitative estimate of drug-likeness (QED) is 0.896. The highest BCUT2D eigenvalue weighted by molar-refractivity contribution is 7.91. The zero-order chi connectivity index (χ0) is 17.0. The van der Waals surface area contributed by atoms with Crippen LogP contribution < -0.4 is 10.2 Å². The third-order valence-corrected chi connectivity index (χ3v) is 6.08. The summed E-state index contributed by atoms with van der Waals surface area (Å²) >= 11 is 0. The van der Waals surface area contributed by atoms with Crippen LogP contribution in [0.2, 0.25) is 0 Å². The molecule has 1 fully saturated rings. The summed E-state index contributed by atoms with van der Waals surface area (Å²) in [6, 6.07) is 9.21. The first kappa shape index (κ1) is 16.7. The number of hydrogen-bond donors (Lipinski definition) is 1. The SMILES string of the molecule is CCS(=O)(=O)c1ccccc1NC1CCN(c2ncccn2)CC1. The molecule has 2 heterocycles. The van der Waals surface area contributed by atoms with Crippen LogP contribution in [-0.4, -0.2) is 43.3 Å². The molecule has 1 aliphatic rings. The normalized spacial score (nSPS) is 16.1. The lowest BCUT2D eigenvalue weighted by Crippen LogP contribution is -2.40. The third-order valence-electron chi connectivity index (χ3n) is 4.29. The van der Waals surface area contributed by atoms with Gasteiger partial charge in [-0.3, -0.25) is 0 Å². The van der Waals surface area contributed by atoms with Crippen molar-refractivity contribution in [2.75, 3.05) is 29.1 Å². The van der Waals surface area contributed by atoms with E-state index in [1.165, 1.54) is 0 Å². The third kappa shape index (κ3) is 3.67. The Morgan fingerprint density at radius 2 is 1.79 bits per heavy atom. The van der Waals surface area contributed by atoms with Gasteiger partial charge >= 0.3 is 0 Å². The maximum absolute atomic E-state index is 12.2. The minimum absolute atomic E-state index is 0.107. The van der Waals surface area contributed by atoms with Crippen LogP contribution >= 0.6 is 0 Å². The molecule has 0 bridgehead atoms. The highest BCUT2D eigenvalue weighted by atomic mass is 32.2. The number of benzene rings is 1. The number of hydrogen-bond acceptors (Lipinski definition) is 6. The largest absolute Gasteiger partial charge is 0.381 e. The van der Waals surface area contributed by atoms with Crippen molar-refractivity contribution in [3.05, 3.63) is 42.7 Å². The molecule has 1 aliphatic heterocycles. The number of piperidine rings is 1. The van der Waals surface area contributed by atoms with Gasteiger partial charge in [-0.15, -0.1) is 0 Å². The smallest absolute Gasteiger partial charge is 0.225 e. The summed E-state index contributed by atoms with van der Waals surface area (Å²) < 4.78 is 24.5. The molecule has 128 valence electrons. The zero-order valence-electron chi connectivity index (χ0n) is 13.7. The van der Waals surface area contributed by atoms with E-state index in [-0.39, 0.29) is 11.8 Å². The van der Waals surface area contributed by atoms with Crippen molar-refractivity contribution in [3.8, 4) is 0 Å². The Kier molecular flexibility index (Phi) is 4.99. The van der Waals surface area contributed by atoms with Crippen molar-refractivity contribution in [2.45, 2.75) is 30.7 Å². The van der Waals surface area contributed by atoms with Crippen LogP contribution in [0.1, 0.15) is 19.8 Å². The molecule has 3 rings (SSSR count). The fourth-order valence-corrected chi connectivity index (χ4v) is 3.97. The Hall–Kier alpha value is -2.15. The average Bonchev–Trinajstić information content (AvgIpc) is 2.63. The van der Waals surface area contributed by atoms with E-state index in [4.69, 9.17) is 0 Å². The number of rotatable bonds is 5. The Labute approximate surface area is 142 Å². The van der Waals surface area contributed by atoms with E-state index in [1.54, 1.807) is 31.5 Å². The Bertz CT molecular complexity index is 772. The van der Waals surface area contributed by atoms with Gasteiger partial charge in [0, 0.05) is 31.5 Å². The molecule has 0 aliphatic carbocycles. The van der Waals surface area contributed by atoms with Crippen molar-refractivity contribution >= 4 is 21.5 Å². The van der Waals surface area contributed by atoms with E-state index in [1.807, 2.05) is 18.2 Å². The monoisotopic (exact) mass is 346 g/mol. The Morgan fingerprint density at radius 1 is 1.12 bits per heavy atom. The minimum atomic E-state index is -3.23. The topological polar surface area (TPSA) is 75.2 Å². The molecular formula is C17H22N4O2S. The van der Waals surface area contributed by atoms with Gasteiger partial charge < -0.3 is 10.2 Å². The van der Waals surface area contributed by atoms with E-state index < -0.39 is 9.84 Å².